The molecular formula is C25H38O6. The van der Waals surface area contributed by atoms with E-state index < -0.39 is 5.97 Å². The number of hydrogen-bond acceptors (Lipinski definition) is 6. The van der Waals surface area contributed by atoms with Gasteiger partial charge in [0.05, 0.1) is 6.10 Å². The molecule has 31 heavy (non-hydrogen) atoms. The third-order valence-electron chi connectivity index (χ3n) is 9.67. The molecule has 0 amide bonds. The van der Waals surface area contributed by atoms with Gasteiger partial charge in [0.15, 0.2) is 5.78 Å². The molecule has 9 atom stereocenters. The standard InChI is InChI=1S/C25H38O6/c1-14(26)30-13-21(29)20-8-7-19-18-6-5-16-11-17(28)9-10-24(16,3)23(18)22(31-15(2)27)12-25(19,20)4/h16-20,22-23,28H,5-13H2,1-4H3/t16-,17+,18-,19-,20+,22+,23+,24-,25-/m0/s1. The molecule has 0 spiro atoms. The van der Waals surface area contributed by atoms with Crippen LogP contribution in [0.5, 0.6) is 0 Å². The van der Waals surface area contributed by atoms with E-state index in [0.29, 0.717) is 24.2 Å². The van der Waals surface area contributed by atoms with E-state index in [4.69, 9.17) is 9.47 Å². The van der Waals surface area contributed by atoms with Crippen molar-refractivity contribution in [2.24, 2.45) is 40.4 Å². The van der Waals surface area contributed by atoms with Crippen LogP contribution in [0.3, 0.4) is 0 Å². The van der Waals surface area contributed by atoms with E-state index in [9.17, 15) is 19.5 Å². The van der Waals surface area contributed by atoms with E-state index in [1.807, 2.05) is 0 Å². The van der Waals surface area contributed by atoms with Crippen LogP contribution in [0.2, 0.25) is 0 Å². The smallest absolute Gasteiger partial charge is 0.303 e. The minimum Gasteiger partial charge on any atom is -0.462 e. The molecule has 0 bridgehead atoms. The first-order valence-corrected chi connectivity index (χ1v) is 12.1. The molecule has 0 aliphatic heterocycles. The molecule has 4 saturated carbocycles. The highest BCUT2D eigenvalue weighted by Gasteiger charge is 2.64. The van der Waals surface area contributed by atoms with Gasteiger partial charge in [-0.05, 0) is 80.0 Å². The summed E-state index contributed by atoms with van der Waals surface area (Å²) in [5.41, 5.74) is -0.181. The zero-order valence-electron chi connectivity index (χ0n) is 19.4. The predicted octanol–water partition coefficient (Wildman–Crippen LogP) is 3.68. The Morgan fingerprint density at radius 3 is 2.39 bits per heavy atom. The maximum Gasteiger partial charge on any atom is 0.303 e. The summed E-state index contributed by atoms with van der Waals surface area (Å²) < 4.78 is 11.0. The van der Waals surface area contributed by atoms with Crippen molar-refractivity contribution in [3.05, 3.63) is 0 Å². The van der Waals surface area contributed by atoms with Crippen molar-refractivity contribution in [1.29, 1.82) is 0 Å². The van der Waals surface area contributed by atoms with Crippen molar-refractivity contribution in [3.8, 4) is 0 Å². The Balaban J connectivity index is 1.65. The quantitative estimate of drug-likeness (QED) is 0.679. The van der Waals surface area contributed by atoms with Crippen LogP contribution in [0, 0.1) is 40.4 Å². The average Bonchev–Trinajstić information content (AvgIpc) is 3.02. The first-order chi connectivity index (χ1) is 14.6. The third-order valence-corrected chi connectivity index (χ3v) is 9.67. The van der Waals surface area contributed by atoms with E-state index >= 15 is 0 Å². The summed E-state index contributed by atoms with van der Waals surface area (Å²) >= 11 is 0. The lowest BCUT2D eigenvalue weighted by atomic mass is 9.43. The van der Waals surface area contributed by atoms with Crippen LogP contribution >= 0.6 is 0 Å². The van der Waals surface area contributed by atoms with Crippen molar-refractivity contribution in [2.45, 2.75) is 91.3 Å². The summed E-state index contributed by atoms with van der Waals surface area (Å²) in [6.45, 7) is 7.21. The van der Waals surface area contributed by atoms with Crippen molar-refractivity contribution < 1.29 is 29.0 Å². The van der Waals surface area contributed by atoms with Crippen LogP contribution in [0.15, 0.2) is 0 Å². The number of esters is 2. The molecule has 4 rings (SSSR count). The summed E-state index contributed by atoms with van der Waals surface area (Å²) in [5, 5.41) is 10.3. The number of carbonyl (C=O) groups excluding carboxylic acids is 3. The SMILES string of the molecule is CC(=O)OCC(=O)[C@H]1CC[C@H]2[C@@H]3CC[C@H]4C[C@H](O)CC[C@]4(C)[C@H]3[C@H](OC(C)=O)C[C@]12C. The van der Waals surface area contributed by atoms with Gasteiger partial charge >= 0.3 is 11.9 Å². The minimum absolute atomic E-state index is 0.000844. The van der Waals surface area contributed by atoms with Crippen LogP contribution in [0.1, 0.15) is 79.1 Å². The Kier molecular flexibility index (Phi) is 5.99. The normalized spacial score (nSPS) is 46.3. The number of carbonyl (C=O) groups is 3. The molecular weight excluding hydrogens is 396 g/mol. The zero-order chi connectivity index (χ0) is 22.6. The molecule has 0 radical (unpaired) electrons. The Labute approximate surface area is 185 Å². The van der Waals surface area contributed by atoms with Gasteiger partial charge in [0.1, 0.15) is 12.7 Å². The van der Waals surface area contributed by atoms with E-state index in [1.54, 1.807) is 0 Å². The zero-order valence-corrected chi connectivity index (χ0v) is 19.4. The number of hydrogen-bond donors (Lipinski definition) is 1. The summed E-state index contributed by atoms with van der Waals surface area (Å²) in [6.07, 6.45) is 6.89. The Bertz CT molecular complexity index is 748. The topological polar surface area (TPSA) is 89.9 Å². The number of rotatable bonds is 4. The van der Waals surface area contributed by atoms with Gasteiger partial charge in [0.2, 0.25) is 0 Å². The second-order valence-corrected chi connectivity index (χ2v) is 11.2. The lowest BCUT2D eigenvalue weighted by Crippen LogP contribution is -2.60. The summed E-state index contributed by atoms with van der Waals surface area (Å²) in [5.74, 6) is 0.737. The highest BCUT2D eigenvalue weighted by atomic mass is 16.5. The average molecular weight is 435 g/mol. The molecule has 0 saturated heterocycles. The molecule has 4 aliphatic rings. The van der Waals surface area contributed by atoms with Crippen LogP contribution < -0.4 is 0 Å². The first-order valence-electron chi connectivity index (χ1n) is 12.1. The minimum atomic E-state index is -0.430. The van der Waals surface area contributed by atoms with Gasteiger partial charge in [-0.2, -0.15) is 0 Å². The second kappa shape index (κ2) is 8.17. The van der Waals surface area contributed by atoms with Crippen molar-refractivity contribution in [1.82, 2.24) is 0 Å². The van der Waals surface area contributed by atoms with Gasteiger partial charge in [-0.15, -0.1) is 0 Å². The van der Waals surface area contributed by atoms with Crippen LogP contribution in [0.4, 0.5) is 0 Å². The van der Waals surface area contributed by atoms with Crippen LogP contribution in [0.25, 0.3) is 0 Å². The summed E-state index contributed by atoms with van der Waals surface area (Å²) in [7, 11) is 0. The number of ketones is 1. The van der Waals surface area contributed by atoms with E-state index in [0.717, 1.165) is 44.9 Å². The predicted molar refractivity (Wildman–Crippen MR) is 114 cm³/mol. The lowest BCUT2D eigenvalue weighted by Gasteiger charge is -2.62. The molecule has 6 nitrogen and oxygen atoms in total. The fraction of sp³-hybridized carbons (Fsp3) is 0.880. The Hall–Kier alpha value is -1.43. The van der Waals surface area contributed by atoms with Gasteiger partial charge in [-0.1, -0.05) is 13.8 Å². The lowest BCUT2D eigenvalue weighted by molar-refractivity contribution is -0.198. The molecule has 0 aromatic carbocycles. The summed E-state index contributed by atoms with van der Waals surface area (Å²) in [4.78, 5) is 36.3. The van der Waals surface area contributed by atoms with Gasteiger partial charge in [-0.3, -0.25) is 14.4 Å². The number of Topliss-reactive ketones (excluding diaryl/α,β-unsaturated/α-hetero) is 1. The Morgan fingerprint density at radius 1 is 0.968 bits per heavy atom. The van der Waals surface area contributed by atoms with Gasteiger partial charge in [-0.25, -0.2) is 0 Å². The molecule has 0 aromatic rings. The number of fused-ring (bicyclic) bond motifs is 5. The maximum atomic E-state index is 13.0. The Morgan fingerprint density at radius 2 is 1.71 bits per heavy atom. The van der Waals surface area contributed by atoms with Crippen molar-refractivity contribution in [3.63, 3.8) is 0 Å². The molecule has 1 N–H and O–H groups in total. The van der Waals surface area contributed by atoms with Crippen LogP contribution in [-0.2, 0) is 23.9 Å². The fourth-order valence-electron chi connectivity index (χ4n) is 8.45. The van der Waals surface area contributed by atoms with E-state index in [1.165, 1.54) is 13.8 Å². The molecule has 4 fully saturated rings. The first kappa shape index (κ1) is 22.8. The monoisotopic (exact) mass is 434 g/mol. The largest absolute Gasteiger partial charge is 0.462 e. The molecule has 4 aliphatic carbocycles. The molecule has 0 heterocycles. The van der Waals surface area contributed by atoms with Gasteiger partial charge < -0.3 is 14.6 Å². The number of ether oxygens (including phenoxy) is 2. The molecule has 174 valence electrons. The highest BCUT2D eigenvalue weighted by Crippen LogP contribution is 2.68. The molecule has 0 aromatic heterocycles. The third kappa shape index (κ3) is 3.83. The van der Waals surface area contributed by atoms with Crippen molar-refractivity contribution in [2.75, 3.05) is 6.61 Å². The fourth-order valence-corrected chi connectivity index (χ4v) is 8.45. The number of aliphatic hydroxyl groups is 1. The second-order valence-electron chi connectivity index (χ2n) is 11.2. The number of aliphatic hydroxyl groups excluding tert-OH is 1. The van der Waals surface area contributed by atoms with Crippen LogP contribution in [-0.4, -0.2) is 41.6 Å². The molecule has 6 heteroatoms. The highest BCUT2D eigenvalue weighted by molar-refractivity contribution is 5.85. The van der Waals surface area contributed by atoms with E-state index in [2.05, 4.69) is 13.8 Å². The summed E-state index contributed by atoms with van der Waals surface area (Å²) in [6, 6.07) is 0. The molecule has 0 unspecified atom stereocenters. The van der Waals surface area contributed by atoms with E-state index in [-0.39, 0.29) is 53.2 Å². The van der Waals surface area contributed by atoms with Crippen molar-refractivity contribution >= 4 is 17.7 Å². The van der Waals surface area contributed by atoms with Gasteiger partial charge in [0.25, 0.3) is 0 Å². The van der Waals surface area contributed by atoms with Gasteiger partial charge in [0, 0.05) is 25.7 Å². The maximum absolute atomic E-state index is 13.0.